The molecule has 1 fully saturated rings. The predicted octanol–water partition coefficient (Wildman–Crippen LogP) is 1.13. The third kappa shape index (κ3) is 3.37. The van der Waals surface area contributed by atoms with Crippen LogP contribution in [0.5, 0.6) is 0 Å². The van der Waals surface area contributed by atoms with Gasteiger partial charge in [-0.25, -0.2) is 0 Å². The quantitative estimate of drug-likeness (QED) is 0.654. The molecule has 21 heavy (non-hydrogen) atoms. The molecule has 0 radical (unpaired) electrons. The standard InChI is InChI=1S/C15H28N2O4/c1-6-21-11-8-15(16,14(11,4)5)13(20)17-10(9(2)3)7-12(18)19/h9-11H,6-8,16H2,1-5H3,(H,17,20)(H,18,19). The van der Waals surface area contributed by atoms with Gasteiger partial charge in [0.2, 0.25) is 5.91 Å². The summed E-state index contributed by atoms with van der Waals surface area (Å²) < 4.78 is 5.60. The summed E-state index contributed by atoms with van der Waals surface area (Å²) >= 11 is 0. The molecule has 0 heterocycles. The van der Waals surface area contributed by atoms with E-state index >= 15 is 0 Å². The van der Waals surface area contributed by atoms with Crippen LogP contribution in [0.2, 0.25) is 0 Å². The second kappa shape index (κ2) is 6.32. The van der Waals surface area contributed by atoms with E-state index in [0.29, 0.717) is 13.0 Å². The normalized spacial score (nSPS) is 28.8. The van der Waals surface area contributed by atoms with Gasteiger partial charge in [-0.2, -0.15) is 0 Å². The average Bonchev–Trinajstić information content (AvgIpc) is 2.36. The Labute approximate surface area is 126 Å². The van der Waals surface area contributed by atoms with Crippen LogP contribution >= 0.6 is 0 Å². The summed E-state index contributed by atoms with van der Waals surface area (Å²) in [4.78, 5) is 23.4. The van der Waals surface area contributed by atoms with E-state index in [-0.39, 0.29) is 24.3 Å². The van der Waals surface area contributed by atoms with E-state index in [0.717, 1.165) is 0 Å². The van der Waals surface area contributed by atoms with Gasteiger partial charge in [-0.3, -0.25) is 9.59 Å². The molecule has 0 spiro atoms. The lowest BCUT2D eigenvalue weighted by Gasteiger charge is -2.57. The fourth-order valence-electron chi connectivity index (χ4n) is 2.76. The van der Waals surface area contributed by atoms with Gasteiger partial charge in [-0.05, 0) is 12.8 Å². The number of rotatable bonds is 7. The number of aliphatic carboxylic acids is 1. The fraction of sp³-hybridized carbons (Fsp3) is 0.867. The van der Waals surface area contributed by atoms with Crippen LogP contribution in [0.3, 0.4) is 0 Å². The predicted molar refractivity (Wildman–Crippen MR) is 79.8 cm³/mol. The minimum atomic E-state index is -1.02. The van der Waals surface area contributed by atoms with Crippen molar-refractivity contribution in [2.45, 2.75) is 65.1 Å². The van der Waals surface area contributed by atoms with Gasteiger partial charge in [0.25, 0.3) is 0 Å². The van der Waals surface area contributed by atoms with Crippen LogP contribution in [0.25, 0.3) is 0 Å². The number of hydrogen-bond acceptors (Lipinski definition) is 4. The third-order valence-corrected chi connectivity index (χ3v) is 4.75. The van der Waals surface area contributed by atoms with Crippen LogP contribution in [0.15, 0.2) is 0 Å². The Morgan fingerprint density at radius 1 is 1.43 bits per heavy atom. The molecule has 0 saturated heterocycles. The van der Waals surface area contributed by atoms with Crippen molar-refractivity contribution in [2.75, 3.05) is 6.61 Å². The number of carboxylic acid groups (broad SMARTS) is 1. The van der Waals surface area contributed by atoms with Crippen molar-refractivity contribution in [3.05, 3.63) is 0 Å². The molecule has 1 aliphatic rings. The number of nitrogens with one attached hydrogen (secondary N) is 1. The molecule has 3 atom stereocenters. The van der Waals surface area contributed by atoms with Gasteiger partial charge in [0, 0.05) is 24.5 Å². The second-order valence-corrected chi connectivity index (χ2v) is 6.76. The highest BCUT2D eigenvalue weighted by Gasteiger charge is 2.63. The largest absolute Gasteiger partial charge is 0.481 e. The Morgan fingerprint density at radius 2 is 2.00 bits per heavy atom. The van der Waals surface area contributed by atoms with Crippen molar-refractivity contribution in [3.63, 3.8) is 0 Å². The minimum Gasteiger partial charge on any atom is -0.481 e. The molecule has 0 aromatic heterocycles. The highest BCUT2D eigenvalue weighted by atomic mass is 16.5. The van der Waals surface area contributed by atoms with Gasteiger partial charge in [-0.15, -0.1) is 0 Å². The van der Waals surface area contributed by atoms with E-state index in [4.69, 9.17) is 15.6 Å². The van der Waals surface area contributed by atoms with E-state index in [1.807, 2.05) is 34.6 Å². The van der Waals surface area contributed by atoms with E-state index in [2.05, 4.69) is 5.32 Å². The van der Waals surface area contributed by atoms with Crippen molar-refractivity contribution in [2.24, 2.45) is 17.1 Å². The Bertz CT molecular complexity index is 408. The Kier molecular flexibility index (Phi) is 5.39. The first-order valence-electron chi connectivity index (χ1n) is 7.49. The van der Waals surface area contributed by atoms with Crippen LogP contribution < -0.4 is 11.1 Å². The molecule has 3 unspecified atom stereocenters. The summed E-state index contributed by atoms with van der Waals surface area (Å²) in [5.41, 5.74) is 4.79. The fourth-order valence-corrected chi connectivity index (χ4v) is 2.76. The maximum Gasteiger partial charge on any atom is 0.305 e. The van der Waals surface area contributed by atoms with Crippen molar-refractivity contribution < 1.29 is 19.4 Å². The van der Waals surface area contributed by atoms with Crippen LogP contribution in [0, 0.1) is 11.3 Å². The average molecular weight is 300 g/mol. The first-order valence-corrected chi connectivity index (χ1v) is 7.49. The lowest BCUT2D eigenvalue weighted by Crippen LogP contribution is -2.76. The summed E-state index contributed by atoms with van der Waals surface area (Å²) in [6.07, 6.45) is 0.307. The summed E-state index contributed by atoms with van der Waals surface area (Å²) in [5, 5.41) is 11.7. The zero-order chi connectivity index (χ0) is 16.4. The highest BCUT2D eigenvalue weighted by Crippen LogP contribution is 2.49. The third-order valence-electron chi connectivity index (χ3n) is 4.75. The van der Waals surface area contributed by atoms with Crippen LogP contribution in [-0.4, -0.2) is 41.3 Å². The molecule has 1 rings (SSSR count). The van der Waals surface area contributed by atoms with E-state index < -0.39 is 23.0 Å². The van der Waals surface area contributed by atoms with Gasteiger partial charge < -0.3 is 20.9 Å². The van der Waals surface area contributed by atoms with Gasteiger partial charge in [-0.1, -0.05) is 27.7 Å². The zero-order valence-electron chi connectivity index (χ0n) is 13.6. The summed E-state index contributed by atoms with van der Waals surface area (Å²) in [6, 6.07) is -0.419. The van der Waals surface area contributed by atoms with Crippen molar-refractivity contribution in [3.8, 4) is 0 Å². The van der Waals surface area contributed by atoms with Gasteiger partial charge >= 0.3 is 5.97 Å². The number of hydrogen-bond donors (Lipinski definition) is 3. The molecule has 122 valence electrons. The molecule has 4 N–H and O–H groups in total. The molecular formula is C15H28N2O4. The lowest BCUT2D eigenvalue weighted by atomic mass is 9.54. The Morgan fingerprint density at radius 3 is 2.38 bits per heavy atom. The van der Waals surface area contributed by atoms with Gasteiger partial charge in [0.1, 0.15) is 5.54 Å². The Hall–Kier alpha value is -1.14. The molecule has 1 amide bonds. The molecular weight excluding hydrogens is 272 g/mol. The first-order chi connectivity index (χ1) is 9.56. The van der Waals surface area contributed by atoms with E-state index in [1.54, 1.807) is 0 Å². The Balaban J connectivity index is 2.77. The van der Waals surface area contributed by atoms with Crippen molar-refractivity contribution >= 4 is 11.9 Å². The van der Waals surface area contributed by atoms with Gasteiger partial charge in [0.05, 0.1) is 12.5 Å². The second-order valence-electron chi connectivity index (χ2n) is 6.76. The smallest absolute Gasteiger partial charge is 0.305 e. The molecule has 1 saturated carbocycles. The molecule has 0 bridgehead atoms. The van der Waals surface area contributed by atoms with Crippen molar-refractivity contribution in [1.82, 2.24) is 5.32 Å². The van der Waals surface area contributed by atoms with E-state index in [9.17, 15) is 9.59 Å². The topological polar surface area (TPSA) is 102 Å². The zero-order valence-corrected chi connectivity index (χ0v) is 13.6. The first kappa shape index (κ1) is 17.9. The summed E-state index contributed by atoms with van der Waals surface area (Å²) in [6.45, 7) is 10.1. The van der Waals surface area contributed by atoms with Crippen LogP contribution in [0.1, 0.15) is 47.5 Å². The van der Waals surface area contributed by atoms with Crippen molar-refractivity contribution in [1.29, 1.82) is 0 Å². The van der Waals surface area contributed by atoms with Gasteiger partial charge in [0.15, 0.2) is 0 Å². The molecule has 6 nitrogen and oxygen atoms in total. The molecule has 0 aromatic rings. The van der Waals surface area contributed by atoms with E-state index in [1.165, 1.54) is 0 Å². The maximum absolute atomic E-state index is 12.5. The van der Waals surface area contributed by atoms with Crippen LogP contribution in [-0.2, 0) is 14.3 Å². The molecule has 0 aliphatic heterocycles. The summed E-state index contributed by atoms with van der Waals surface area (Å²) in [5.74, 6) is -1.19. The number of carbonyl (C=O) groups excluding carboxylic acids is 1. The number of carbonyl (C=O) groups is 2. The number of carboxylic acids is 1. The number of ether oxygens (including phenoxy) is 1. The SMILES string of the molecule is CCOC1CC(N)(C(=O)NC(CC(=O)O)C(C)C)C1(C)C. The molecule has 6 heteroatoms. The number of amides is 1. The van der Waals surface area contributed by atoms with Crippen LogP contribution in [0.4, 0.5) is 0 Å². The highest BCUT2D eigenvalue weighted by molar-refractivity contribution is 5.89. The summed E-state index contributed by atoms with van der Waals surface area (Å²) in [7, 11) is 0. The minimum absolute atomic E-state index is 0.0273. The lowest BCUT2D eigenvalue weighted by molar-refractivity contribution is -0.171. The number of nitrogens with two attached hydrogens (primary N) is 1. The molecule has 0 aromatic carbocycles. The maximum atomic E-state index is 12.5. The monoisotopic (exact) mass is 300 g/mol. The molecule has 1 aliphatic carbocycles.